The van der Waals surface area contributed by atoms with Crippen LogP contribution in [0.15, 0.2) is 12.4 Å². The number of nitrogens with one attached hydrogen (secondary N) is 2. The molecule has 1 heterocycles. The van der Waals surface area contributed by atoms with Crippen molar-refractivity contribution in [1.82, 2.24) is 20.4 Å². The highest BCUT2D eigenvalue weighted by molar-refractivity contribution is 5.73. The van der Waals surface area contributed by atoms with Gasteiger partial charge in [0.15, 0.2) is 0 Å². The Balaban J connectivity index is 2.19. The van der Waals surface area contributed by atoms with Crippen molar-refractivity contribution < 1.29 is 4.79 Å². The largest absolute Gasteiger partial charge is 0.396 e. The molecular weight excluding hydrogens is 194 g/mol. The van der Waals surface area contributed by atoms with Crippen LogP contribution in [-0.4, -0.2) is 28.4 Å². The first-order chi connectivity index (χ1) is 7.08. The Kier molecular flexibility index (Phi) is 3.96. The van der Waals surface area contributed by atoms with E-state index in [4.69, 9.17) is 5.73 Å². The van der Waals surface area contributed by atoms with Crippen molar-refractivity contribution in [3.8, 4) is 0 Å². The molecule has 0 aliphatic rings. The molecule has 6 heteroatoms. The number of amides is 2. The fraction of sp³-hybridized carbons (Fsp3) is 0.556. The average molecular weight is 211 g/mol. The third-order valence-corrected chi connectivity index (χ3v) is 1.70. The van der Waals surface area contributed by atoms with Gasteiger partial charge in [-0.25, -0.2) is 4.79 Å². The van der Waals surface area contributed by atoms with E-state index in [0.717, 1.165) is 0 Å². The Bertz CT molecular complexity index is 320. The van der Waals surface area contributed by atoms with Crippen LogP contribution in [0.25, 0.3) is 0 Å². The molecule has 0 aliphatic carbocycles. The molecule has 0 unspecified atom stereocenters. The lowest BCUT2D eigenvalue weighted by molar-refractivity contribution is 0.238. The molecule has 0 saturated heterocycles. The third kappa shape index (κ3) is 4.35. The van der Waals surface area contributed by atoms with Gasteiger partial charge in [-0.1, -0.05) is 0 Å². The van der Waals surface area contributed by atoms with Crippen LogP contribution in [0.2, 0.25) is 0 Å². The van der Waals surface area contributed by atoms with Gasteiger partial charge in [0, 0.05) is 18.8 Å². The molecule has 0 bridgehead atoms. The summed E-state index contributed by atoms with van der Waals surface area (Å²) in [6.45, 7) is 4.96. The van der Waals surface area contributed by atoms with E-state index in [2.05, 4.69) is 15.7 Å². The van der Waals surface area contributed by atoms with Crippen molar-refractivity contribution in [2.75, 3.05) is 12.3 Å². The highest BCUT2D eigenvalue weighted by Crippen LogP contribution is 1.96. The number of carbonyl (C=O) groups is 1. The molecule has 0 spiro atoms. The molecule has 0 aromatic carbocycles. The summed E-state index contributed by atoms with van der Waals surface area (Å²) >= 11 is 0. The summed E-state index contributed by atoms with van der Waals surface area (Å²) in [7, 11) is 0. The SMILES string of the molecule is CC(C)NC(=O)NCCn1cc(N)cn1. The normalized spacial score (nSPS) is 10.3. The zero-order valence-corrected chi connectivity index (χ0v) is 9.03. The highest BCUT2D eigenvalue weighted by Gasteiger charge is 2.01. The van der Waals surface area contributed by atoms with Crippen LogP contribution >= 0.6 is 0 Å². The van der Waals surface area contributed by atoms with Crippen LogP contribution in [0.5, 0.6) is 0 Å². The minimum absolute atomic E-state index is 0.144. The number of hydrogen-bond donors (Lipinski definition) is 3. The number of carbonyl (C=O) groups excluding carboxylic acids is 1. The van der Waals surface area contributed by atoms with Crippen molar-refractivity contribution in [1.29, 1.82) is 0 Å². The van der Waals surface area contributed by atoms with Crippen molar-refractivity contribution in [3.05, 3.63) is 12.4 Å². The van der Waals surface area contributed by atoms with E-state index in [1.807, 2.05) is 13.8 Å². The van der Waals surface area contributed by atoms with E-state index < -0.39 is 0 Å². The van der Waals surface area contributed by atoms with Crippen LogP contribution in [-0.2, 0) is 6.54 Å². The Morgan fingerprint density at radius 3 is 2.93 bits per heavy atom. The Morgan fingerprint density at radius 1 is 1.67 bits per heavy atom. The molecule has 0 aliphatic heterocycles. The van der Waals surface area contributed by atoms with Crippen molar-refractivity contribution in [2.45, 2.75) is 26.4 Å². The van der Waals surface area contributed by atoms with Crippen LogP contribution in [0, 0.1) is 0 Å². The number of rotatable bonds is 4. The summed E-state index contributed by atoms with van der Waals surface area (Å²) in [5.74, 6) is 0. The third-order valence-electron chi connectivity index (χ3n) is 1.70. The molecule has 1 rings (SSSR count). The standard InChI is InChI=1S/C9H17N5O/c1-7(2)13-9(15)11-3-4-14-6-8(10)5-12-14/h5-7H,3-4,10H2,1-2H3,(H2,11,13,15). The zero-order valence-electron chi connectivity index (χ0n) is 9.03. The maximum atomic E-state index is 11.2. The van der Waals surface area contributed by atoms with E-state index >= 15 is 0 Å². The first-order valence-electron chi connectivity index (χ1n) is 4.90. The molecule has 6 nitrogen and oxygen atoms in total. The number of nitrogens with zero attached hydrogens (tertiary/aromatic N) is 2. The Hall–Kier alpha value is -1.72. The summed E-state index contributed by atoms with van der Waals surface area (Å²) in [6, 6.07) is -0.0181. The number of nitrogen functional groups attached to an aromatic ring is 1. The topological polar surface area (TPSA) is 85.0 Å². The van der Waals surface area contributed by atoms with Crippen LogP contribution in [0.4, 0.5) is 10.5 Å². The Morgan fingerprint density at radius 2 is 2.40 bits per heavy atom. The van der Waals surface area contributed by atoms with Gasteiger partial charge in [0.25, 0.3) is 0 Å². The number of hydrogen-bond acceptors (Lipinski definition) is 3. The second-order valence-electron chi connectivity index (χ2n) is 3.59. The molecule has 1 aromatic heterocycles. The lowest BCUT2D eigenvalue weighted by atomic mass is 10.4. The summed E-state index contributed by atoms with van der Waals surface area (Å²) < 4.78 is 1.69. The molecule has 1 aromatic rings. The van der Waals surface area contributed by atoms with Crippen molar-refractivity contribution in [2.24, 2.45) is 0 Å². The fourth-order valence-electron chi connectivity index (χ4n) is 1.10. The minimum Gasteiger partial charge on any atom is -0.396 e. The zero-order chi connectivity index (χ0) is 11.3. The molecule has 84 valence electrons. The van der Waals surface area contributed by atoms with Crippen molar-refractivity contribution >= 4 is 11.7 Å². The number of urea groups is 1. The average Bonchev–Trinajstić information content (AvgIpc) is 2.50. The summed E-state index contributed by atoms with van der Waals surface area (Å²) in [4.78, 5) is 11.2. The summed E-state index contributed by atoms with van der Waals surface area (Å²) in [5.41, 5.74) is 6.12. The molecule has 0 radical (unpaired) electrons. The maximum Gasteiger partial charge on any atom is 0.315 e. The molecule has 2 amide bonds. The van der Waals surface area contributed by atoms with E-state index in [9.17, 15) is 4.79 Å². The monoisotopic (exact) mass is 211 g/mol. The fourth-order valence-corrected chi connectivity index (χ4v) is 1.10. The predicted octanol–water partition coefficient (Wildman–Crippen LogP) is 0.173. The van der Waals surface area contributed by atoms with Gasteiger partial charge in [0.05, 0.1) is 18.4 Å². The van der Waals surface area contributed by atoms with Gasteiger partial charge in [0.2, 0.25) is 0 Å². The second-order valence-corrected chi connectivity index (χ2v) is 3.59. The van der Waals surface area contributed by atoms with Crippen LogP contribution < -0.4 is 16.4 Å². The van der Waals surface area contributed by atoms with E-state index in [-0.39, 0.29) is 12.1 Å². The quantitative estimate of drug-likeness (QED) is 0.663. The van der Waals surface area contributed by atoms with Gasteiger partial charge in [-0.3, -0.25) is 4.68 Å². The van der Waals surface area contributed by atoms with Gasteiger partial charge < -0.3 is 16.4 Å². The highest BCUT2D eigenvalue weighted by atomic mass is 16.2. The van der Waals surface area contributed by atoms with Gasteiger partial charge in [-0.15, -0.1) is 0 Å². The number of aromatic nitrogens is 2. The lowest BCUT2D eigenvalue weighted by Crippen LogP contribution is -2.40. The molecule has 15 heavy (non-hydrogen) atoms. The molecule has 0 saturated carbocycles. The second kappa shape index (κ2) is 5.23. The number of anilines is 1. The maximum absolute atomic E-state index is 11.2. The lowest BCUT2D eigenvalue weighted by Gasteiger charge is -2.09. The smallest absolute Gasteiger partial charge is 0.315 e. The van der Waals surface area contributed by atoms with Gasteiger partial charge in [-0.2, -0.15) is 5.10 Å². The molecule has 0 atom stereocenters. The van der Waals surface area contributed by atoms with E-state index in [1.54, 1.807) is 17.1 Å². The van der Waals surface area contributed by atoms with Crippen molar-refractivity contribution in [3.63, 3.8) is 0 Å². The van der Waals surface area contributed by atoms with Gasteiger partial charge >= 0.3 is 6.03 Å². The molecule has 0 fully saturated rings. The van der Waals surface area contributed by atoms with Gasteiger partial charge in [0.1, 0.15) is 0 Å². The van der Waals surface area contributed by atoms with Crippen LogP contribution in [0.1, 0.15) is 13.8 Å². The first-order valence-corrected chi connectivity index (χ1v) is 4.90. The summed E-state index contributed by atoms with van der Waals surface area (Å²) in [6.07, 6.45) is 3.30. The van der Waals surface area contributed by atoms with E-state index in [1.165, 1.54) is 0 Å². The van der Waals surface area contributed by atoms with Crippen LogP contribution in [0.3, 0.4) is 0 Å². The van der Waals surface area contributed by atoms with E-state index in [0.29, 0.717) is 18.8 Å². The molecule has 4 N–H and O–H groups in total. The number of nitrogens with two attached hydrogens (primary N) is 1. The Labute approximate surface area is 88.8 Å². The predicted molar refractivity (Wildman–Crippen MR) is 58.3 cm³/mol. The first kappa shape index (κ1) is 11.4. The van der Waals surface area contributed by atoms with Gasteiger partial charge in [-0.05, 0) is 13.8 Å². The summed E-state index contributed by atoms with van der Waals surface area (Å²) in [5, 5.41) is 9.44. The minimum atomic E-state index is -0.162. The molecular formula is C9H17N5O.